The lowest BCUT2D eigenvalue weighted by molar-refractivity contribution is -0.145. The van der Waals surface area contributed by atoms with Crippen LogP contribution >= 0.6 is 0 Å². The van der Waals surface area contributed by atoms with Crippen LogP contribution in [0.2, 0.25) is 0 Å². The van der Waals surface area contributed by atoms with E-state index in [-0.39, 0.29) is 42.2 Å². The summed E-state index contributed by atoms with van der Waals surface area (Å²) in [5, 5.41) is 0. The molecule has 4 heterocycles. The summed E-state index contributed by atoms with van der Waals surface area (Å²) in [5.74, 6) is -0.0896. The number of likely N-dealkylation sites (N-methyl/N-ethyl adjacent to an activating group) is 1. The highest BCUT2D eigenvalue weighted by Crippen LogP contribution is 2.37. The minimum atomic E-state index is -0.645. The van der Waals surface area contributed by atoms with Gasteiger partial charge in [-0.3, -0.25) is 19.3 Å². The van der Waals surface area contributed by atoms with E-state index in [2.05, 4.69) is 38.7 Å². The van der Waals surface area contributed by atoms with Gasteiger partial charge in [0.25, 0.3) is 0 Å². The zero-order valence-electron chi connectivity index (χ0n) is 32.5. The number of carbonyl (C=O) groups is 3. The number of nitrogens with one attached hydrogen (secondary N) is 2. The maximum atomic E-state index is 15.7. The fourth-order valence-electron chi connectivity index (χ4n) is 8.33. The molecule has 56 heavy (non-hydrogen) atoms. The molecular weight excluding hydrogens is 710 g/mol. The molecule has 7 rings (SSSR count). The number of H-pyrrole nitrogens is 2. The van der Waals surface area contributed by atoms with Crippen molar-refractivity contribution in [1.82, 2.24) is 34.6 Å². The summed E-state index contributed by atoms with van der Waals surface area (Å²) >= 11 is 0. The summed E-state index contributed by atoms with van der Waals surface area (Å²) in [5.41, 5.74) is 5.08. The highest BCUT2D eigenvalue weighted by atomic mass is 19.1. The molecule has 2 fully saturated rings. The molecule has 5 aromatic rings. The molecule has 2 N–H and O–H groups in total. The Morgan fingerprint density at radius 3 is 1.98 bits per heavy atom. The lowest BCUT2D eigenvalue weighted by atomic mass is 9.94. The average Bonchev–Trinajstić information content (AvgIpc) is 4.07. The van der Waals surface area contributed by atoms with Gasteiger partial charge in [0, 0.05) is 18.7 Å². The number of aromatic amines is 2. The molecule has 2 saturated heterocycles. The summed E-state index contributed by atoms with van der Waals surface area (Å²) in [6, 6.07) is 21.8. The van der Waals surface area contributed by atoms with E-state index >= 15 is 4.39 Å². The Morgan fingerprint density at radius 1 is 0.804 bits per heavy atom. The van der Waals surface area contributed by atoms with Gasteiger partial charge in [-0.15, -0.1) is 0 Å². The van der Waals surface area contributed by atoms with Crippen LogP contribution in [0.15, 0.2) is 85.2 Å². The number of esters is 1. The molecule has 2 amide bonds. The van der Waals surface area contributed by atoms with Gasteiger partial charge in [0.2, 0.25) is 11.8 Å². The van der Waals surface area contributed by atoms with E-state index in [1.54, 1.807) is 18.5 Å². The van der Waals surface area contributed by atoms with Crippen molar-refractivity contribution in [1.29, 1.82) is 0 Å². The quantitative estimate of drug-likeness (QED) is 0.118. The lowest BCUT2D eigenvalue weighted by Gasteiger charge is -2.31. The Bertz CT molecular complexity index is 2150. The maximum Gasteiger partial charge on any atom is 0.306 e. The number of rotatable bonds is 13. The van der Waals surface area contributed by atoms with Crippen molar-refractivity contribution in [2.24, 2.45) is 0 Å². The Morgan fingerprint density at radius 2 is 1.38 bits per heavy atom. The molecule has 3 aromatic carbocycles. The third-order valence-corrected chi connectivity index (χ3v) is 11.5. The molecular formula is C44H50FN7O4. The zero-order valence-corrected chi connectivity index (χ0v) is 32.5. The monoisotopic (exact) mass is 759 g/mol. The zero-order chi connectivity index (χ0) is 39.3. The second-order valence-corrected chi connectivity index (χ2v) is 14.7. The third kappa shape index (κ3) is 7.88. The number of hydrogen-bond acceptors (Lipinski definition) is 7. The number of likely N-dealkylation sites (tertiary alicyclic amines) is 2. The second kappa shape index (κ2) is 17.0. The molecule has 292 valence electrons. The number of nitrogens with zero attached hydrogens (tertiary/aromatic N) is 5. The van der Waals surface area contributed by atoms with E-state index in [1.165, 1.54) is 13.2 Å². The second-order valence-electron chi connectivity index (χ2n) is 14.7. The Kier molecular flexibility index (Phi) is 11.8. The molecule has 4 atom stereocenters. The van der Waals surface area contributed by atoms with E-state index in [4.69, 9.17) is 4.74 Å². The van der Waals surface area contributed by atoms with Crippen LogP contribution in [0.3, 0.4) is 0 Å². The first-order valence-electron chi connectivity index (χ1n) is 19.7. The molecule has 2 aliphatic rings. The van der Waals surface area contributed by atoms with Crippen LogP contribution in [0, 0.1) is 5.82 Å². The predicted molar refractivity (Wildman–Crippen MR) is 213 cm³/mol. The van der Waals surface area contributed by atoms with Crippen LogP contribution in [-0.4, -0.2) is 91.7 Å². The molecule has 12 heteroatoms. The number of methoxy groups -OCH3 is 1. The number of halogens is 1. The summed E-state index contributed by atoms with van der Waals surface area (Å²) in [6.07, 6.45) is 6.69. The van der Waals surface area contributed by atoms with E-state index in [1.807, 2.05) is 77.4 Å². The van der Waals surface area contributed by atoms with Crippen LogP contribution in [0.5, 0.6) is 0 Å². The molecule has 0 aliphatic carbocycles. The van der Waals surface area contributed by atoms with Crippen molar-refractivity contribution < 1.29 is 23.5 Å². The number of imidazole rings is 2. The van der Waals surface area contributed by atoms with E-state index in [9.17, 15) is 14.4 Å². The predicted octanol–water partition coefficient (Wildman–Crippen LogP) is 7.68. The van der Waals surface area contributed by atoms with Crippen molar-refractivity contribution in [2.45, 2.75) is 76.9 Å². The van der Waals surface area contributed by atoms with E-state index in [0.29, 0.717) is 36.0 Å². The van der Waals surface area contributed by atoms with E-state index < -0.39 is 11.9 Å². The van der Waals surface area contributed by atoms with Gasteiger partial charge in [0.05, 0.1) is 61.4 Å². The summed E-state index contributed by atoms with van der Waals surface area (Å²) in [6.45, 7) is 8.96. The Hall–Kier alpha value is -5.62. The van der Waals surface area contributed by atoms with Gasteiger partial charge in [-0.1, -0.05) is 74.5 Å². The normalized spacial score (nSPS) is 18.0. The molecule has 0 bridgehead atoms. The largest absolute Gasteiger partial charge is 0.469 e. The van der Waals surface area contributed by atoms with Crippen molar-refractivity contribution in [3.8, 4) is 33.6 Å². The molecule has 2 aliphatic heterocycles. The van der Waals surface area contributed by atoms with Crippen LogP contribution in [-0.2, 0) is 19.1 Å². The highest BCUT2D eigenvalue weighted by molar-refractivity contribution is 5.89. The number of amides is 2. The minimum Gasteiger partial charge on any atom is -0.469 e. The van der Waals surface area contributed by atoms with Crippen molar-refractivity contribution in [3.05, 3.63) is 108 Å². The van der Waals surface area contributed by atoms with Crippen LogP contribution < -0.4 is 0 Å². The molecule has 0 radical (unpaired) electrons. The van der Waals surface area contributed by atoms with Crippen LogP contribution in [0.1, 0.15) is 88.1 Å². The van der Waals surface area contributed by atoms with Gasteiger partial charge in [-0.25, -0.2) is 14.4 Å². The number of aromatic nitrogens is 4. The standard InChI is InChI=1S/C44H50FN7O4/c1-5-50(6-2)28(3)43(54)51-22-10-14-38(51)42-47-27-37(49-42)33-21-20-32(24-35(33)45)29-16-18-31(19-17-29)36-26-46-41(48-36)39-15-11-23-52(39)44(55)34(25-40(53)56-4)30-12-8-7-9-13-30/h7-9,12-13,16-21,24,26-28,34,38-39H,5-6,10-11,14-15,22-23,25H2,1-4H3,(H,46,48)(H,47,49)/t28?,34-,38+,39+/m1/s1. The Balaban J connectivity index is 1.03. The molecule has 2 aromatic heterocycles. The summed E-state index contributed by atoms with van der Waals surface area (Å²) in [7, 11) is 1.33. The summed E-state index contributed by atoms with van der Waals surface area (Å²) < 4.78 is 20.6. The fourth-order valence-corrected chi connectivity index (χ4v) is 8.33. The van der Waals surface area contributed by atoms with Gasteiger partial charge in [-0.2, -0.15) is 0 Å². The van der Waals surface area contributed by atoms with Gasteiger partial charge in [0.1, 0.15) is 17.5 Å². The molecule has 0 saturated carbocycles. The van der Waals surface area contributed by atoms with Crippen LogP contribution in [0.25, 0.3) is 33.6 Å². The first-order chi connectivity index (χ1) is 27.2. The van der Waals surface area contributed by atoms with Crippen LogP contribution in [0.4, 0.5) is 4.39 Å². The SMILES string of the molecule is CCN(CC)C(C)C(=O)N1CCC[C@H]1c1ncc(-c2ccc(-c3ccc(-c4cnc([C@@H]5CCCN5C(=O)[C@H](CC(=O)OC)c5ccccc5)[nH]4)cc3)cc2F)[nH]1. The molecule has 1 unspecified atom stereocenters. The topological polar surface area (TPSA) is 128 Å². The number of ether oxygens (including phenoxy) is 1. The molecule has 0 spiro atoms. The first kappa shape index (κ1) is 38.6. The third-order valence-electron chi connectivity index (χ3n) is 11.5. The lowest BCUT2D eigenvalue weighted by Crippen LogP contribution is -2.46. The number of hydrogen-bond donors (Lipinski definition) is 2. The first-order valence-corrected chi connectivity index (χ1v) is 19.7. The highest BCUT2D eigenvalue weighted by Gasteiger charge is 2.38. The van der Waals surface area contributed by atoms with Crippen molar-refractivity contribution >= 4 is 17.8 Å². The number of benzene rings is 3. The molecule has 11 nitrogen and oxygen atoms in total. The summed E-state index contributed by atoms with van der Waals surface area (Å²) in [4.78, 5) is 61.6. The van der Waals surface area contributed by atoms with Crippen molar-refractivity contribution in [2.75, 3.05) is 33.3 Å². The average molecular weight is 760 g/mol. The minimum absolute atomic E-state index is 0.0332. The fraction of sp³-hybridized carbons (Fsp3) is 0.386. The van der Waals surface area contributed by atoms with Gasteiger partial charge in [0.15, 0.2) is 0 Å². The van der Waals surface area contributed by atoms with Crippen molar-refractivity contribution in [3.63, 3.8) is 0 Å². The Labute approximate surface area is 327 Å². The number of carbonyl (C=O) groups excluding carboxylic acids is 3. The van der Waals surface area contributed by atoms with Gasteiger partial charge in [-0.05, 0) is 80.1 Å². The van der Waals surface area contributed by atoms with E-state index in [0.717, 1.165) is 66.7 Å². The van der Waals surface area contributed by atoms with Gasteiger partial charge >= 0.3 is 5.97 Å². The smallest absolute Gasteiger partial charge is 0.306 e. The van der Waals surface area contributed by atoms with Gasteiger partial charge < -0.3 is 24.5 Å². The maximum absolute atomic E-state index is 15.7.